The molecule has 8 heteroatoms. The number of hydrogen-bond acceptors (Lipinski definition) is 6. The van der Waals surface area contributed by atoms with Crippen LogP contribution in [0.25, 0.3) is 11.0 Å². The molecule has 0 saturated heterocycles. The molecule has 0 unspecified atom stereocenters. The van der Waals surface area contributed by atoms with E-state index in [1.165, 1.54) is 17.4 Å². The van der Waals surface area contributed by atoms with Crippen LogP contribution in [0.4, 0.5) is 5.00 Å². The predicted octanol–water partition coefficient (Wildman–Crippen LogP) is 4.74. The molecule has 2 N–H and O–H groups in total. The summed E-state index contributed by atoms with van der Waals surface area (Å²) in [6.45, 7) is 3.99. The van der Waals surface area contributed by atoms with Crippen LogP contribution in [-0.4, -0.2) is 11.8 Å². The Hall–Kier alpha value is -3.65. The van der Waals surface area contributed by atoms with Gasteiger partial charge in [0.05, 0.1) is 23.8 Å². The lowest BCUT2D eigenvalue weighted by atomic mass is 10.1. The smallest absolute Gasteiger partial charge is 0.292 e. The number of aryl methyl sites for hydroxylation is 3. The van der Waals surface area contributed by atoms with Crippen molar-refractivity contribution in [3.8, 4) is 0 Å². The maximum Gasteiger partial charge on any atom is 0.292 e. The summed E-state index contributed by atoms with van der Waals surface area (Å²) >= 11 is 1.40. The third kappa shape index (κ3) is 3.98. The van der Waals surface area contributed by atoms with Gasteiger partial charge in [0, 0.05) is 10.9 Å². The summed E-state index contributed by atoms with van der Waals surface area (Å²) in [5, 5.41) is 6.59. The van der Waals surface area contributed by atoms with E-state index in [2.05, 4.69) is 10.6 Å². The SMILES string of the molecule is Cc1cc(C)c2oc(C(=O)Nc3sc4c(c3C(=O)NCc3ccco3)CCC4)cc(=O)c2c1. The van der Waals surface area contributed by atoms with Crippen LogP contribution in [0.1, 0.15) is 54.7 Å². The first kappa shape index (κ1) is 21.2. The van der Waals surface area contributed by atoms with Crippen molar-refractivity contribution in [1.29, 1.82) is 0 Å². The lowest BCUT2D eigenvalue weighted by Gasteiger charge is -2.10. The number of amides is 2. The number of benzene rings is 1. The number of thiophene rings is 1. The molecule has 0 atom stereocenters. The van der Waals surface area contributed by atoms with Gasteiger partial charge in [-0.2, -0.15) is 0 Å². The van der Waals surface area contributed by atoms with E-state index in [1.807, 2.05) is 19.9 Å². The number of carbonyl (C=O) groups excluding carboxylic acids is 2. The van der Waals surface area contributed by atoms with Crippen LogP contribution >= 0.6 is 11.3 Å². The summed E-state index contributed by atoms with van der Waals surface area (Å²) < 4.78 is 11.1. The van der Waals surface area contributed by atoms with Gasteiger partial charge >= 0.3 is 0 Å². The van der Waals surface area contributed by atoms with E-state index in [1.54, 1.807) is 24.5 Å². The van der Waals surface area contributed by atoms with Gasteiger partial charge in [0.1, 0.15) is 16.3 Å². The average molecular weight is 463 g/mol. The Kier molecular flexibility index (Phi) is 5.38. The lowest BCUT2D eigenvalue weighted by molar-refractivity contribution is 0.0948. The van der Waals surface area contributed by atoms with Crippen molar-refractivity contribution in [2.45, 2.75) is 39.7 Å². The molecule has 33 heavy (non-hydrogen) atoms. The number of carbonyl (C=O) groups is 2. The van der Waals surface area contributed by atoms with Crippen molar-refractivity contribution in [2.75, 3.05) is 5.32 Å². The van der Waals surface area contributed by atoms with Crippen molar-refractivity contribution in [3.05, 3.63) is 85.5 Å². The van der Waals surface area contributed by atoms with Crippen LogP contribution in [0.15, 0.2) is 50.2 Å². The van der Waals surface area contributed by atoms with E-state index >= 15 is 0 Å². The fourth-order valence-corrected chi connectivity index (χ4v) is 5.57. The molecule has 0 radical (unpaired) electrons. The van der Waals surface area contributed by atoms with Crippen LogP contribution in [-0.2, 0) is 19.4 Å². The van der Waals surface area contributed by atoms with Crippen LogP contribution < -0.4 is 16.1 Å². The summed E-state index contributed by atoms with van der Waals surface area (Å²) in [6, 6.07) is 8.40. The molecule has 0 aliphatic heterocycles. The van der Waals surface area contributed by atoms with Gasteiger partial charge in [-0.15, -0.1) is 11.3 Å². The second-order valence-electron chi connectivity index (χ2n) is 8.21. The van der Waals surface area contributed by atoms with Gasteiger partial charge in [-0.1, -0.05) is 6.07 Å². The topological polar surface area (TPSA) is 102 Å². The Labute approximate surface area is 193 Å². The minimum absolute atomic E-state index is 0.0880. The minimum Gasteiger partial charge on any atom is -0.467 e. The molecule has 168 valence electrons. The van der Waals surface area contributed by atoms with Crippen molar-refractivity contribution < 1.29 is 18.4 Å². The number of furan rings is 1. The van der Waals surface area contributed by atoms with Crippen LogP contribution in [0, 0.1) is 13.8 Å². The molecule has 4 aromatic rings. The number of nitrogens with one attached hydrogen (secondary N) is 2. The molecule has 7 nitrogen and oxygen atoms in total. The lowest BCUT2D eigenvalue weighted by Crippen LogP contribution is -2.25. The molecule has 5 rings (SSSR count). The maximum absolute atomic E-state index is 13.1. The summed E-state index contributed by atoms with van der Waals surface area (Å²) in [7, 11) is 0. The van der Waals surface area contributed by atoms with E-state index < -0.39 is 5.91 Å². The zero-order chi connectivity index (χ0) is 23.1. The van der Waals surface area contributed by atoms with E-state index in [0.717, 1.165) is 40.8 Å². The average Bonchev–Trinajstić information content (AvgIpc) is 3.50. The molecule has 0 spiro atoms. The molecule has 0 saturated carbocycles. The van der Waals surface area contributed by atoms with Gasteiger partial charge in [-0.3, -0.25) is 14.4 Å². The van der Waals surface area contributed by atoms with E-state index in [0.29, 0.717) is 27.3 Å². The number of rotatable bonds is 5. The first-order valence-electron chi connectivity index (χ1n) is 10.7. The van der Waals surface area contributed by atoms with Crippen LogP contribution in [0.2, 0.25) is 0 Å². The van der Waals surface area contributed by atoms with Crippen molar-refractivity contribution in [3.63, 3.8) is 0 Å². The van der Waals surface area contributed by atoms with Gasteiger partial charge < -0.3 is 19.5 Å². The summed E-state index contributed by atoms with van der Waals surface area (Å²) in [4.78, 5) is 39.8. The molecular formula is C25H22N2O5S. The normalized spacial score (nSPS) is 12.7. The second kappa shape index (κ2) is 8.37. The Balaban J connectivity index is 1.45. The summed E-state index contributed by atoms with van der Waals surface area (Å²) in [5.41, 5.74) is 3.29. The molecule has 2 amide bonds. The van der Waals surface area contributed by atoms with E-state index in [4.69, 9.17) is 8.83 Å². The minimum atomic E-state index is -0.561. The summed E-state index contributed by atoms with van der Waals surface area (Å²) in [6.07, 6.45) is 4.19. The Bertz CT molecular complexity index is 1450. The largest absolute Gasteiger partial charge is 0.467 e. The summed E-state index contributed by atoms with van der Waals surface area (Å²) in [5.74, 6) is -0.277. The molecule has 0 bridgehead atoms. The van der Waals surface area contributed by atoms with Gasteiger partial charge in [-0.05, 0) is 68.0 Å². The van der Waals surface area contributed by atoms with Crippen LogP contribution in [0.5, 0.6) is 0 Å². The third-order valence-electron chi connectivity index (χ3n) is 5.76. The van der Waals surface area contributed by atoms with Gasteiger partial charge in [0.15, 0.2) is 11.2 Å². The fourth-order valence-electron chi connectivity index (χ4n) is 4.29. The molecule has 1 aliphatic rings. The van der Waals surface area contributed by atoms with Gasteiger partial charge in [-0.25, -0.2) is 0 Å². The monoisotopic (exact) mass is 462 g/mol. The second-order valence-corrected chi connectivity index (χ2v) is 9.32. The highest BCUT2D eigenvalue weighted by Gasteiger charge is 2.28. The molecule has 1 aromatic carbocycles. The molecule has 3 heterocycles. The first-order valence-corrected chi connectivity index (χ1v) is 11.5. The fraction of sp³-hybridized carbons (Fsp3) is 0.240. The number of anilines is 1. The highest BCUT2D eigenvalue weighted by Crippen LogP contribution is 2.39. The first-order chi connectivity index (χ1) is 15.9. The quantitative estimate of drug-likeness (QED) is 0.446. The molecular weight excluding hydrogens is 440 g/mol. The Morgan fingerprint density at radius 3 is 2.76 bits per heavy atom. The van der Waals surface area contributed by atoms with Gasteiger partial charge in [0.2, 0.25) is 0 Å². The van der Waals surface area contributed by atoms with Crippen molar-refractivity contribution in [1.82, 2.24) is 5.32 Å². The molecule has 1 aliphatic carbocycles. The third-order valence-corrected chi connectivity index (χ3v) is 6.97. The zero-order valence-electron chi connectivity index (χ0n) is 18.2. The maximum atomic E-state index is 13.1. The van der Waals surface area contributed by atoms with Crippen molar-refractivity contribution >= 4 is 39.1 Å². The van der Waals surface area contributed by atoms with Crippen LogP contribution in [0.3, 0.4) is 0 Å². The zero-order valence-corrected chi connectivity index (χ0v) is 19.1. The Morgan fingerprint density at radius 1 is 1.12 bits per heavy atom. The number of hydrogen-bond donors (Lipinski definition) is 2. The number of fused-ring (bicyclic) bond motifs is 2. The predicted molar refractivity (Wildman–Crippen MR) is 126 cm³/mol. The Morgan fingerprint density at radius 2 is 1.97 bits per heavy atom. The highest BCUT2D eigenvalue weighted by atomic mass is 32.1. The van der Waals surface area contributed by atoms with E-state index in [-0.39, 0.29) is 23.6 Å². The van der Waals surface area contributed by atoms with E-state index in [9.17, 15) is 14.4 Å². The van der Waals surface area contributed by atoms with Crippen molar-refractivity contribution in [2.24, 2.45) is 0 Å². The molecule has 0 fully saturated rings. The highest BCUT2D eigenvalue weighted by molar-refractivity contribution is 7.17. The van der Waals surface area contributed by atoms with Gasteiger partial charge in [0.25, 0.3) is 11.8 Å². The standard InChI is InChI=1S/C25H22N2O5S/c1-13-9-14(2)22-17(10-13)18(28)11-19(32-22)23(29)27-25-21(16-6-3-7-20(16)33-25)24(30)26-12-15-5-4-8-31-15/h4-5,8-11H,3,6-7,12H2,1-2H3,(H,26,30)(H,27,29). The molecule has 3 aromatic heterocycles.